The first-order valence-corrected chi connectivity index (χ1v) is 32.5. The fourth-order valence-corrected chi connectivity index (χ4v) is 5.36. The van der Waals surface area contributed by atoms with Crippen LogP contribution in [0.1, 0.15) is 149 Å². The fraction of sp³-hybridized carbons (Fsp3) is 0.787. The van der Waals surface area contributed by atoms with Gasteiger partial charge in [0.05, 0.1) is 96.3 Å². The minimum atomic E-state index is -1.13. The molecular formula is C61H106BrClO32. The largest absolute Gasteiger partial charge is 0.509 e. The molecular weight excluding hydrogens is 1360 g/mol. The van der Waals surface area contributed by atoms with E-state index in [1.54, 1.807) is 62.3 Å². The molecule has 0 aliphatic carbocycles. The van der Waals surface area contributed by atoms with Crippen LogP contribution in [0.2, 0.25) is 0 Å². The third-order valence-electron chi connectivity index (χ3n) is 10.6. The number of carbonyl (C=O) groups excluding carboxylic acids is 13. The molecule has 0 spiro atoms. The van der Waals surface area contributed by atoms with E-state index in [0.29, 0.717) is 25.2 Å². The minimum Gasteiger partial charge on any atom is -0.466 e. The Morgan fingerprint density at radius 3 is 0.853 bits per heavy atom. The van der Waals surface area contributed by atoms with E-state index in [4.69, 9.17) is 69.6 Å². The zero-order chi connectivity index (χ0) is 74.3. The van der Waals surface area contributed by atoms with Crippen LogP contribution < -0.4 is 0 Å². The number of carbonyl (C=O) groups is 13. The minimum absolute atomic E-state index is 0.0232. The second-order valence-corrected chi connectivity index (χ2v) is 20.3. The van der Waals surface area contributed by atoms with Gasteiger partial charge in [-0.25, -0.2) is 33.6 Å². The Balaban J connectivity index is -0.000000258. The molecule has 0 heterocycles. The van der Waals surface area contributed by atoms with Crippen LogP contribution in [-0.2, 0) is 119 Å². The summed E-state index contributed by atoms with van der Waals surface area (Å²) in [6, 6.07) is 0. The molecule has 9 atom stereocenters. The lowest BCUT2D eigenvalue weighted by molar-refractivity contribution is -0.158. The van der Waals surface area contributed by atoms with Crippen molar-refractivity contribution < 1.29 is 153 Å². The van der Waals surface area contributed by atoms with Crippen molar-refractivity contribution in [3.8, 4) is 0 Å². The van der Waals surface area contributed by atoms with Crippen molar-refractivity contribution in [2.24, 2.45) is 35.5 Å². The Labute approximate surface area is 570 Å². The third-order valence-corrected chi connectivity index (χ3v) is 11.7. The van der Waals surface area contributed by atoms with Gasteiger partial charge in [0.25, 0.3) is 0 Å². The lowest BCUT2D eigenvalue weighted by Crippen LogP contribution is -2.31. The van der Waals surface area contributed by atoms with Crippen molar-refractivity contribution >= 4 is 105 Å². The standard InChI is InChI=1S/C15H26O7.C13H22O9.C13H22O7.C7H11ClO4.C7H14O3.C6H11BrO2/c1-5-7-9-19-13(16)11(3)21-15(18)22-12(4)14(17)20-10-8-6-2;1-3-19-11(16)9(5-14)7-21-13(18)22-8-10(6-15)12(17)20-4-2;1-5-17-11(14)9(3)7-19-13(16)20-8-10(4)12(15)18-6-2;1-3-11-6(9)5(2)4-12-7(8)10;1-3-4-5-10-7(9)6(2)8;1-3-9-6(8)5(2)4-7/h11-12H,5-10H2,1-4H3;9-10,14-15H,3-8H2,1-2H3;9-10H,5-8H2,1-4H3;5H,3-4H2,1-2H3;6,8H,3-5H2,1-2H3;5H,3-4H2,1-2H3. The summed E-state index contributed by atoms with van der Waals surface area (Å²) < 4.78 is 75.4. The normalized spacial score (nSPS) is 12.8. The molecule has 3 N–H and O–H groups in total. The van der Waals surface area contributed by atoms with E-state index in [9.17, 15) is 62.3 Å². The number of unbranched alkanes of at least 4 members (excludes halogenated alkanes) is 3. The smallest absolute Gasteiger partial charge is 0.466 e. The van der Waals surface area contributed by atoms with Crippen LogP contribution in [0, 0.1) is 35.5 Å². The van der Waals surface area contributed by atoms with Crippen LogP contribution in [0.4, 0.5) is 19.2 Å². The zero-order valence-corrected chi connectivity index (χ0v) is 60.2. The Morgan fingerprint density at radius 2 is 0.600 bits per heavy atom. The molecule has 0 aliphatic rings. The molecule has 0 aromatic carbocycles. The molecule has 0 saturated carbocycles. The van der Waals surface area contributed by atoms with Gasteiger partial charge in [0.15, 0.2) is 12.2 Å². The maximum atomic E-state index is 11.5. The van der Waals surface area contributed by atoms with Gasteiger partial charge < -0.3 is 91.1 Å². The van der Waals surface area contributed by atoms with E-state index in [2.05, 4.69) is 49.1 Å². The van der Waals surface area contributed by atoms with E-state index in [-0.39, 0.29) is 71.3 Å². The molecule has 34 heteroatoms. The van der Waals surface area contributed by atoms with Crippen LogP contribution in [0.3, 0.4) is 0 Å². The van der Waals surface area contributed by atoms with Gasteiger partial charge in [0, 0.05) is 16.9 Å². The second kappa shape index (κ2) is 67.2. The van der Waals surface area contributed by atoms with Gasteiger partial charge in [0.1, 0.15) is 51.0 Å². The lowest BCUT2D eigenvalue weighted by atomic mass is 10.2. The first kappa shape index (κ1) is 99.2. The van der Waals surface area contributed by atoms with Crippen LogP contribution in [0.5, 0.6) is 0 Å². The Morgan fingerprint density at radius 1 is 0.337 bits per heavy atom. The molecule has 0 aromatic heterocycles. The molecule has 0 bridgehead atoms. The van der Waals surface area contributed by atoms with Crippen LogP contribution >= 0.6 is 27.5 Å². The first-order valence-electron chi connectivity index (χ1n) is 31.0. The van der Waals surface area contributed by atoms with Crippen molar-refractivity contribution in [1.29, 1.82) is 0 Å². The van der Waals surface area contributed by atoms with E-state index in [1.165, 1.54) is 20.8 Å². The average Bonchev–Trinajstić information content (AvgIpc) is 1.52. The monoisotopic (exact) mass is 1460 g/mol. The van der Waals surface area contributed by atoms with Gasteiger partial charge >= 0.3 is 77.6 Å². The Kier molecular flexibility index (Phi) is 70.1. The molecule has 9 unspecified atom stereocenters. The van der Waals surface area contributed by atoms with Crippen LogP contribution in [0.15, 0.2) is 0 Å². The highest BCUT2D eigenvalue weighted by Gasteiger charge is 2.27. The first-order chi connectivity index (χ1) is 44.8. The molecule has 0 aromatic rings. The predicted molar refractivity (Wildman–Crippen MR) is 339 cm³/mol. The zero-order valence-electron chi connectivity index (χ0n) is 57.9. The van der Waals surface area contributed by atoms with Gasteiger partial charge in [-0.3, -0.25) is 28.8 Å². The molecule has 0 fully saturated rings. The summed E-state index contributed by atoms with van der Waals surface area (Å²) >= 11 is 8.07. The van der Waals surface area contributed by atoms with Gasteiger partial charge in [-0.2, -0.15) is 0 Å². The van der Waals surface area contributed by atoms with Crippen molar-refractivity contribution in [3.63, 3.8) is 0 Å². The van der Waals surface area contributed by atoms with Crippen molar-refractivity contribution in [3.05, 3.63) is 0 Å². The maximum absolute atomic E-state index is 11.5. The van der Waals surface area contributed by atoms with Gasteiger partial charge in [-0.05, 0) is 102 Å². The molecule has 0 radical (unpaired) electrons. The molecule has 0 saturated heterocycles. The van der Waals surface area contributed by atoms with Crippen LogP contribution in [0.25, 0.3) is 0 Å². The summed E-state index contributed by atoms with van der Waals surface area (Å²) in [7, 11) is 0. The van der Waals surface area contributed by atoms with E-state index in [0.717, 1.165) is 38.5 Å². The maximum Gasteiger partial charge on any atom is 0.509 e. The number of alkyl halides is 1. The van der Waals surface area contributed by atoms with Gasteiger partial charge in [-0.15, -0.1) is 0 Å². The third kappa shape index (κ3) is 61.8. The molecule has 95 heavy (non-hydrogen) atoms. The fourth-order valence-electron chi connectivity index (χ4n) is 5.03. The van der Waals surface area contributed by atoms with Crippen molar-refractivity contribution in [2.45, 2.75) is 168 Å². The highest BCUT2D eigenvalue weighted by molar-refractivity contribution is 9.09. The Hall–Kier alpha value is -6.84. The summed E-state index contributed by atoms with van der Waals surface area (Å²) in [5, 5.41) is 27.3. The molecule has 556 valence electrons. The van der Waals surface area contributed by atoms with Crippen LogP contribution in [-0.4, -0.2) is 222 Å². The second-order valence-electron chi connectivity index (χ2n) is 19.3. The summed E-state index contributed by atoms with van der Waals surface area (Å²) in [5.74, 6) is -8.27. The SMILES string of the molecule is CCCCOC(=O)C(C)O.CCCCOC(=O)C(C)OC(=O)OC(C)C(=O)OCCCC.CCOC(=O)C(C)CBr.CCOC(=O)C(C)COC(=O)Cl.CCOC(=O)C(C)COC(=O)OCC(C)C(=O)OCC.CCOC(=O)C(CO)COC(=O)OCC(CO)C(=O)OCC. The number of aliphatic hydroxyl groups is 3. The number of esters is 9. The highest BCUT2D eigenvalue weighted by atomic mass is 79.9. The molecule has 0 amide bonds. The van der Waals surface area contributed by atoms with Crippen molar-refractivity contribution in [1.82, 2.24) is 0 Å². The number of aliphatic hydroxyl groups excluding tert-OH is 3. The van der Waals surface area contributed by atoms with Gasteiger partial charge in [-0.1, -0.05) is 62.9 Å². The predicted octanol–water partition coefficient (Wildman–Crippen LogP) is 7.48. The average molecular weight is 1470 g/mol. The summed E-state index contributed by atoms with van der Waals surface area (Å²) in [6.07, 6.45) is -1.23. The number of hydrogen-bond donors (Lipinski definition) is 3. The van der Waals surface area contributed by atoms with E-state index < -0.39 is 146 Å². The quantitative estimate of drug-likeness (QED) is 0.0176. The summed E-state index contributed by atoms with van der Waals surface area (Å²) in [4.78, 5) is 145. The number of rotatable bonds is 39. The van der Waals surface area contributed by atoms with Gasteiger partial charge in [0.2, 0.25) is 0 Å². The highest BCUT2D eigenvalue weighted by Crippen LogP contribution is 2.09. The molecule has 32 nitrogen and oxygen atoms in total. The van der Waals surface area contributed by atoms with E-state index in [1.807, 2.05) is 27.7 Å². The lowest BCUT2D eigenvalue weighted by Gasteiger charge is -2.15. The number of hydrogen-bond acceptors (Lipinski definition) is 32. The van der Waals surface area contributed by atoms with Crippen molar-refractivity contribution in [2.75, 3.05) is 111 Å². The Bertz CT molecular complexity index is 2020. The summed E-state index contributed by atoms with van der Waals surface area (Å²) in [6.45, 7) is 27.1. The van der Waals surface area contributed by atoms with E-state index >= 15 is 0 Å². The number of halogens is 2. The topological polar surface area (TPSA) is 430 Å². The molecule has 0 aliphatic heterocycles. The summed E-state index contributed by atoms with van der Waals surface area (Å²) in [5.41, 5.74) is -0.911. The molecule has 0 rings (SSSR count). The number of ether oxygens (including phenoxy) is 16.